The van der Waals surface area contributed by atoms with Gasteiger partial charge in [0.2, 0.25) is 0 Å². The van der Waals surface area contributed by atoms with Crippen molar-refractivity contribution in [1.29, 1.82) is 0 Å². The molecule has 0 aliphatic rings. The van der Waals surface area contributed by atoms with Crippen molar-refractivity contribution >= 4 is 37.8 Å². The van der Waals surface area contributed by atoms with Crippen molar-refractivity contribution in [3.05, 3.63) is 10.1 Å². The van der Waals surface area contributed by atoms with Crippen LogP contribution in [0.15, 0.2) is 0 Å². The summed E-state index contributed by atoms with van der Waals surface area (Å²) in [6.45, 7) is 0.905. The molecule has 0 radical (unpaired) electrons. The highest BCUT2D eigenvalue weighted by molar-refractivity contribution is 9.12. The molecule has 7 heteroatoms. The van der Waals surface area contributed by atoms with E-state index >= 15 is 0 Å². The molecule has 0 aromatic heterocycles. The standard InChI is InChI=1S/C5H7Br2NO4/c1-4(9)12-3-5(7,2-6)8(10)11/h2-3H2,1H3. The lowest BCUT2D eigenvalue weighted by Gasteiger charge is -2.14. The highest BCUT2D eigenvalue weighted by Gasteiger charge is 2.40. The molecule has 0 bridgehead atoms. The van der Waals surface area contributed by atoms with Gasteiger partial charge in [-0.05, 0) is 0 Å². The molecule has 1 atom stereocenters. The number of hydrogen-bond donors (Lipinski definition) is 0. The van der Waals surface area contributed by atoms with Gasteiger partial charge in [0.1, 0.15) is 0 Å². The van der Waals surface area contributed by atoms with E-state index in [1.54, 1.807) is 0 Å². The van der Waals surface area contributed by atoms with Crippen molar-refractivity contribution in [2.75, 3.05) is 11.9 Å². The highest BCUT2D eigenvalue weighted by atomic mass is 79.9. The Bertz CT molecular complexity index is 198. The normalized spacial score (nSPS) is 14.9. The van der Waals surface area contributed by atoms with Gasteiger partial charge in [-0.3, -0.25) is 14.9 Å². The lowest BCUT2D eigenvalue weighted by molar-refractivity contribution is -0.531. The maximum atomic E-state index is 10.4. The van der Waals surface area contributed by atoms with Crippen molar-refractivity contribution in [3.8, 4) is 0 Å². The number of nitro groups is 1. The number of esters is 1. The minimum Gasteiger partial charge on any atom is -0.457 e. The van der Waals surface area contributed by atoms with Crippen LogP contribution < -0.4 is 0 Å². The van der Waals surface area contributed by atoms with E-state index in [-0.39, 0.29) is 11.9 Å². The molecule has 0 saturated carbocycles. The fourth-order valence-corrected chi connectivity index (χ4v) is 0.833. The summed E-state index contributed by atoms with van der Waals surface area (Å²) in [5.74, 6) is -0.540. The molecule has 12 heavy (non-hydrogen) atoms. The van der Waals surface area contributed by atoms with Crippen molar-refractivity contribution in [1.82, 2.24) is 0 Å². The van der Waals surface area contributed by atoms with Gasteiger partial charge < -0.3 is 4.74 Å². The second-order valence-corrected chi connectivity index (χ2v) is 4.13. The zero-order valence-corrected chi connectivity index (χ0v) is 9.42. The molecule has 0 rings (SSSR count). The predicted octanol–water partition coefficient (Wildman–Crippen LogP) is 1.31. The lowest BCUT2D eigenvalue weighted by atomic mass is 10.4. The third kappa shape index (κ3) is 3.48. The van der Waals surface area contributed by atoms with Crippen LogP contribution in [0, 0.1) is 10.1 Å². The van der Waals surface area contributed by atoms with Gasteiger partial charge in [0.25, 0.3) is 0 Å². The quantitative estimate of drug-likeness (QED) is 0.258. The van der Waals surface area contributed by atoms with E-state index in [4.69, 9.17) is 0 Å². The minimum absolute atomic E-state index is 0.0697. The van der Waals surface area contributed by atoms with Gasteiger partial charge in [-0.15, -0.1) is 0 Å². The first kappa shape index (κ1) is 11.8. The van der Waals surface area contributed by atoms with Crippen LogP contribution in [0.25, 0.3) is 0 Å². The van der Waals surface area contributed by atoms with Crippen molar-refractivity contribution in [2.24, 2.45) is 0 Å². The van der Waals surface area contributed by atoms with E-state index in [9.17, 15) is 14.9 Å². The number of alkyl halides is 2. The van der Waals surface area contributed by atoms with Gasteiger partial charge >= 0.3 is 10.4 Å². The Morgan fingerprint density at radius 3 is 2.50 bits per heavy atom. The first-order valence-corrected chi connectivity index (χ1v) is 4.86. The Balaban J connectivity index is 4.15. The van der Waals surface area contributed by atoms with E-state index in [0.29, 0.717) is 0 Å². The molecule has 70 valence electrons. The second kappa shape index (κ2) is 4.76. The molecule has 0 spiro atoms. The Kier molecular flexibility index (Phi) is 4.69. The Morgan fingerprint density at radius 1 is 1.75 bits per heavy atom. The van der Waals surface area contributed by atoms with Crippen LogP contribution in [-0.2, 0) is 9.53 Å². The number of nitrogens with zero attached hydrogens (tertiary/aromatic N) is 1. The van der Waals surface area contributed by atoms with E-state index in [2.05, 4.69) is 36.6 Å². The molecule has 0 aromatic rings. The topological polar surface area (TPSA) is 69.4 Å². The molecule has 1 unspecified atom stereocenters. The first-order chi connectivity index (χ1) is 5.42. The molecule has 0 amide bonds. The molecule has 0 heterocycles. The number of hydrogen-bond acceptors (Lipinski definition) is 4. The smallest absolute Gasteiger partial charge is 0.317 e. The number of carbonyl (C=O) groups excluding carboxylic acids is 1. The third-order valence-electron chi connectivity index (χ3n) is 1.03. The summed E-state index contributed by atoms with van der Waals surface area (Å²) in [7, 11) is 0. The van der Waals surface area contributed by atoms with E-state index in [1.165, 1.54) is 6.92 Å². The molecule has 0 aliphatic carbocycles. The summed E-state index contributed by atoms with van der Waals surface area (Å²) in [5.41, 5.74) is 0. The Morgan fingerprint density at radius 2 is 2.25 bits per heavy atom. The van der Waals surface area contributed by atoms with Crippen LogP contribution in [0.5, 0.6) is 0 Å². The SMILES string of the molecule is CC(=O)OCC(Br)(CBr)[N+](=O)[O-]. The average molecular weight is 305 g/mol. The van der Waals surface area contributed by atoms with Crippen molar-refractivity contribution in [2.45, 2.75) is 11.4 Å². The van der Waals surface area contributed by atoms with Gasteiger partial charge in [-0.2, -0.15) is 0 Å². The van der Waals surface area contributed by atoms with Crippen LogP contribution in [0.4, 0.5) is 0 Å². The summed E-state index contributed by atoms with van der Waals surface area (Å²) in [4.78, 5) is 20.2. The summed E-state index contributed by atoms with van der Waals surface area (Å²) in [6.07, 6.45) is 0. The van der Waals surface area contributed by atoms with E-state index in [1.807, 2.05) is 0 Å². The molecular weight excluding hydrogens is 298 g/mol. The summed E-state index contributed by atoms with van der Waals surface area (Å²) in [5, 5.41) is 10.5. The largest absolute Gasteiger partial charge is 0.457 e. The summed E-state index contributed by atoms with van der Waals surface area (Å²) < 4.78 is 3.08. The zero-order chi connectivity index (χ0) is 9.78. The summed E-state index contributed by atoms with van der Waals surface area (Å²) in [6, 6.07) is 0. The fraction of sp³-hybridized carbons (Fsp3) is 0.800. The molecule has 0 aliphatic heterocycles. The third-order valence-corrected chi connectivity index (χ3v) is 3.51. The van der Waals surface area contributed by atoms with E-state index < -0.39 is 15.3 Å². The number of ether oxygens (including phenoxy) is 1. The van der Waals surface area contributed by atoms with Crippen LogP contribution in [0.2, 0.25) is 0 Å². The molecule has 5 nitrogen and oxygen atoms in total. The number of halogens is 2. The molecular formula is C5H7Br2NO4. The monoisotopic (exact) mass is 303 g/mol. The minimum atomic E-state index is -1.42. The first-order valence-electron chi connectivity index (χ1n) is 2.95. The fourth-order valence-electron chi connectivity index (χ4n) is 0.352. The molecule has 0 fully saturated rings. The number of rotatable bonds is 4. The van der Waals surface area contributed by atoms with Gasteiger partial charge in [0.15, 0.2) is 6.61 Å². The maximum absolute atomic E-state index is 10.4. The summed E-state index contributed by atoms with van der Waals surface area (Å²) >= 11 is 5.80. The van der Waals surface area contributed by atoms with Crippen molar-refractivity contribution in [3.63, 3.8) is 0 Å². The lowest BCUT2D eigenvalue weighted by Crippen LogP contribution is -2.38. The van der Waals surface area contributed by atoms with Gasteiger partial charge in [0.05, 0.1) is 5.33 Å². The molecule has 0 saturated heterocycles. The zero-order valence-electron chi connectivity index (χ0n) is 6.25. The van der Waals surface area contributed by atoms with Gasteiger partial charge in [0, 0.05) is 27.8 Å². The number of carbonyl (C=O) groups is 1. The average Bonchev–Trinajstić information content (AvgIpc) is 1.99. The highest BCUT2D eigenvalue weighted by Crippen LogP contribution is 2.21. The Hall–Kier alpha value is -0.170. The predicted molar refractivity (Wildman–Crippen MR) is 49.1 cm³/mol. The van der Waals surface area contributed by atoms with Crippen LogP contribution in [0.1, 0.15) is 6.92 Å². The second-order valence-electron chi connectivity index (χ2n) is 2.09. The van der Waals surface area contributed by atoms with E-state index in [0.717, 1.165) is 0 Å². The van der Waals surface area contributed by atoms with Gasteiger partial charge in [-0.1, -0.05) is 15.9 Å². The molecule has 0 N–H and O–H groups in total. The van der Waals surface area contributed by atoms with Crippen LogP contribution in [0.3, 0.4) is 0 Å². The van der Waals surface area contributed by atoms with Gasteiger partial charge in [-0.25, -0.2) is 0 Å². The molecule has 0 aromatic carbocycles. The van der Waals surface area contributed by atoms with Crippen LogP contribution in [-0.4, -0.2) is 27.3 Å². The van der Waals surface area contributed by atoms with Crippen LogP contribution >= 0.6 is 31.9 Å². The van der Waals surface area contributed by atoms with Crippen molar-refractivity contribution < 1.29 is 14.5 Å². The maximum Gasteiger partial charge on any atom is 0.317 e. The Labute approximate surface area is 85.9 Å².